The molecule has 0 aliphatic heterocycles. The number of aliphatic carboxylic acids is 1. The summed E-state index contributed by atoms with van der Waals surface area (Å²) in [5, 5.41) is 11.6. The standard InChI is InChI=1S/C13H13N3O4/c1-7-10(6-11(17)18)20-13(15-7)16-9-4-2-8(3-5-9)12(14)19/h2-5H,6H2,1H3,(H2,14,19)(H,15,16)(H,17,18). The Morgan fingerprint density at radius 1 is 1.35 bits per heavy atom. The number of carbonyl (C=O) groups excluding carboxylic acids is 1. The molecular weight excluding hydrogens is 262 g/mol. The molecule has 0 saturated carbocycles. The van der Waals surface area contributed by atoms with E-state index >= 15 is 0 Å². The van der Waals surface area contributed by atoms with Crippen molar-refractivity contribution in [3.8, 4) is 0 Å². The molecule has 7 heteroatoms. The first-order valence-corrected chi connectivity index (χ1v) is 5.80. The van der Waals surface area contributed by atoms with E-state index in [9.17, 15) is 9.59 Å². The van der Waals surface area contributed by atoms with Crippen LogP contribution in [0.3, 0.4) is 0 Å². The lowest BCUT2D eigenvalue weighted by molar-refractivity contribution is -0.136. The van der Waals surface area contributed by atoms with E-state index < -0.39 is 11.9 Å². The Bertz CT molecular complexity index is 646. The number of oxazole rings is 1. The van der Waals surface area contributed by atoms with Gasteiger partial charge in [-0.1, -0.05) is 0 Å². The van der Waals surface area contributed by atoms with Crippen LogP contribution in [0.4, 0.5) is 11.7 Å². The monoisotopic (exact) mass is 275 g/mol. The smallest absolute Gasteiger partial charge is 0.311 e. The van der Waals surface area contributed by atoms with Crippen molar-refractivity contribution in [1.29, 1.82) is 0 Å². The Morgan fingerprint density at radius 3 is 2.55 bits per heavy atom. The number of hydrogen-bond acceptors (Lipinski definition) is 5. The lowest BCUT2D eigenvalue weighted by Gasteiger charge is -2.02. The van der Waals surface area contributed by atoms with E-state index in [1.807, 2.05) is 0 Å². The van der Waals surface area contributed by atoms with E-state index in [1.165, 1.54) is 0 Å². The molecule has 0 spiro atoms. The second kappa shape index (κ2) is 5.43. The Balaban J connectivity index is 2.13. The SMILES string of the molecule is Cc1nc(Nc2ccc(C(N)=O)cc2)oc1CC(=O)O. The quantitative estimate of drug-likeness (QED) is 0.760. The minimum Gasteiger partial charge on any atom is -0.481 e. The molecule has 0 unspecified atom stereocenters. The second-order valence-electron chi connectivity index (χ2n) is 4.16. The topological polar surface area (TPSA) is 118 Å². The fraction of sp³-hybridized carbons (Fsp3) is 0.154. The molecule has 0 bridgehead atoms. The molecule has 1 heterocycles. The van der Waals surface area contributed by atoms with Crippen LogP contribution in [-0.4, -0.2) is 22.0 Å². The second-order valence-corrected chi connectivity index (χ2v) is 4.16. The molecule has 20 heavy (non-hydrogen) atoms. The molecule has 2 aromatic rings. The van der Waals surface area contributed by atoms with E-state index in [4.69, 9.17) is 15.3 Å². The highest BCUT2D eigenvalue weighted by molar-refractivity contribution is 5.93. The average Bonchev–Trinajstić information content (AvgIpc) is 2.69. The summed E-state index contributed by atoms with van der Waals surface area (Å²) in [6.45, 7) is 1.67. The van der Waals surface area contributed by atoms with E-state index in [0.717, 1.165) is 0 Å². The molecule has 0 fully saturated rings. The predicted octanol–water partition coefficient (Wildman–Crippen LogP) is 1.45. The van der Waals surface area contributed by atoms with Crippen molar-refractivity contribution in [3.63, 3.8) is 0 Å². The molecular formula is C13H13N3O4. The van der Waals surface area contributed by atoms with Gasteiger partial charge in [0.05, 0.1) is 5.69 Å². The number of nitrogens with two attached hydrogens (primary N) is 1. The van der Waals surface area contributed by atoms with Gasteiger partial charge in [-0.05, 0) is 31.2 Å². The van der Waals surface area contributed by atoms with Crippen LogP contribution in [-0.2, 0) is 11.2 Å². The van der Waals surface area contributed by atoms with Crippen LogP contribution in [0.15, 0.2) is 28.7 Å². The third kappa shape index (κ3) is 3.14. The minimum atomic E-state index is -0.985. The molecule has 0 saturated heterocycles. The van der Waals surface area contributed by atoms with Crippen LogP contribution >= 0.6 is 0 Å². The first-order valence-electron chi connectivity index (χ1n) is 5.80. The third-order valence-corrected chi connectivity index (χ3v) is 2.63. The number of amides is 1. The molecule has 0 aliphatic carbocycles. The van der Waals surface area contributed by atoms with Gasteiger partial charge in [-0.25, -0.2) is 0 Å². The highest BCUT2D eigenvalue weighted by atomic mass is 16.4. The van der Waals surface area contributed by atoms with Gasteiger partial charge in [0, 0.05) is 11.3 Å². The number of carbonyl (C=O) groups is 2. The van der Waals surface area contributed by atoms with Crippen LogP contribution in [0.5, 0.6) is 0 Å². The first-order chi connectivity index (χ1) is 9.45. The normalized spacial score (nSPS) is 10.2. The number of aryl methyl sites for hydroxylation is 1. The summed E-state index contributed by atoms with van der Waals surface area (Å²) in [7, 11) is 0. The maximum Gasteiger partial charge on any atom is 0.311 e. The molecule has 0 radical (unpaired) electrons. The van der Waals surface area contributed by atoms with Gasteiger partial charge in [-0.15, -0.1) is 0 Å². The summed E-state index contributed by atoms with van der Waals surface area (Å²) in [4.78, 5) is 25.7. The van der Waals surface area contributed by atoms with Crippen LogP contribution in [0.2, 0.25) is 0 Å². The highest BCUT2D eigenvalue weighted by Crippen LogP contribution is 2.20. The molecule has 7 nitrogen and oxygen atoms in total. The van der Waals surface area contributed by atoms with Gasteiger partial charge in [0.25, 0.3) is 6.01 Å². The molecule has 1 amide bonds. The van der Waals surface area contributed by atoms with E-state index in [1.54, 1.807) is 31.2 Å². The van der Waals surface area contributed by atoms with E-state index in [-0.39, 0.29) is 12.4 Å². The zero-order valence-electron chi connectivity index (χ0n) is 10.7. The average molecular weight is 275 g/mol. The fourth-order valence-corrected chi connectivity index (χ4v) is 1.62. The Morgan fingerprint density at radius 2 is 2.00 bits per heavy atom. The molecule has 104 valence electrons. The van der Waals surface area contributed by atoms with Gasteiger partial charge in [0.2, 0.25) is 5.91 Å². The largest absolute Gasteiger partial charge is 0.481 e. The van der Waals surface area contributed by atoms with E-state index in [0.29, 0.717) is 22.7 Å². The summed E-state index contributed by atoms with van der Waals surface area (Å²) in [5.41, 5.74) is 6.70. The van der Waals surface area contributed by atoms with Crippen molar-refractivity contribution in [2.24, 2.45) is 5.73 Å². The summed E-state index contributed by atoms with van der Waals surface area (Å²) < 4.78 is 5.31. The summed E-state index contributed by atoms with van der Waals surface area (Å²) in [6.07, 6.45) is -0.221. The lowest BCUT2D eigenvalue weighted by Crippen LogP contribution is -2.10. The van der Waals surface area contributed by atoms with Crippen molar-refractivity contribution < 1.29 is 19.1 Å². The minimum absolute atomic E-state index is 0.200. The van der Waals surface area contributed by atoms with Crippen LogP contribution in [0.25, 0.3) is 0 Å². The maximum absolute atomic E-state index is 10.9. The van der Waals surface area contributed by atoms with Crippen molar-refractivity contribution >= 4 is 23.6 Å². The van der Waals surface area contributed by atoms with Gasteiger partial charge in [-0.2, -0.15) is 4.98 Å². The number of carboxylic acids is 1. The number of nitrogens with one attached hydrogen (secondary N) is 1. The van der Waals surface area contributed by atoms with Crippen molar-refractivity contribution in [3.05, 3.63) is 41.3 Å². The number of nitrogens with zero attached hydrogens (tertiary/aromatic N) is 1. The summed E-state index contributed by atoms with van der Waals surface area (Å²) in [6, 6.07) is 6.63. The number of rotatable bonds is 5. The molecule has 4 N–H and O–H groups in total. The fourth-order valence-electron chi connectivity index (χ4n) is 1.62. The molecule has 1 aromatic carbocycles. The maximum atomic E-state index is 10.9. The van der Waals surface area contributed by atoms with Gasteiger partial charge in [0.1, 0.15) is 12.2 Å². The molecule has 2 rings (SSSR count). The zero-order valence-corrected chi connectivity index (χ0v) is 10.7. The van der Waals surface area contributed by atoms with E-state index in [2.05, 4.69) is 10.3 Å². The van der Waals surface area contributed by atoms with Crippen LogP contribution in [0, 0.1) is 6.92 Å². The molecule has 0 atom stereocenters. The highest BCUT2D eigenvalue weighted by Gasteiger charge is 2.13. The zero-order chi connectivity index (χ0) is 14.7. The number of hydrogen-bond donors (Lipinski definition) is 3. The number of anilines is 2. The van der Waals surface area contributed by atoms with Crippen LogP contribution < -0.4 is 11.1 Å². The van der Waals surface area contributed by atoms with Crippen molar-refractivity contribution in [2.45, 2.75) is 13.3 Å². The first kappa shape index (κ1) is 13.6. The predicted molar refractivity (Wildman–Crippen MR) is 70.8 cm³/mol. The number of aromatic nitrogens is 1. The Labute approximate surface area is 114 Å². The van der Waals surface area contributed by atoms with Crippen LogP contribution in [0.1, 0.15) is 21.8 Å². The Hall–Kier alpha value is -2.83. The van der Waals surface area contributed by atoms with Gasteiger partial charge >= 0.3 is 5.97 Å². The Kier molecular flexibility index (Phi) is 3.69. The number of benzene rings is 1. The summed E-state index contributed by atoms with van der Waals surface area (Å²) in [5.74, 6) is -1.19. The molecule has 1 aromatic heterocycles. The van der Waals surface area contributed by atoms with Crippen molar-refractivity contribution in [2.75, 3.05) is 5.32 Å². The van der Waals surface area contributed by atoms with Crippen molar-refractivity contribution in [1.82, 2.24) is 4.98 Å². The number of primary amides is 1. The van der Waals surface area contributed by atoms with Gasteiger partial charge in [-0.3, -0.25) is 9.59 Å². The lowest BCUT2D eigenvalue weighted by atomic mass is 10.2. The summed E-state index contributed by atoms with van der Waals surface area (Å²) >= 11 is 0. The number of carboxylic acid groups (broad SMARTS) is 1. The molecule has 0 aliphatic rings. The van der Waals surface area contributed by atoms with Gasteiger partial charge in [0.15, 0.2) is 0 Å². The third-order valence-electron chi connectivity index (χ3n) is 2.63. The van der Waals surface area contributed by atoms with Gasteiger partial charge < -0.3 is 20.6 Å².